The smallest absolute Gasteiger partial charge is 0.243 e. The van der Waals surface area contributed by atoms with Crippen LogP contribution in [0.4, 0.5) is 0 Å². The zero-order chi connectivity index (χ0) is 11.0. The first-order valence-corrected chi connectivity index (χ1v) is 5.46. The van der Waals surface area contributed by atoms with Gasteiger partial charge in [-0.1, -0.05) is 27.2 Å². The first kappa shape index (κ1) is 13.4. The largest absolute Gasteiger partial charge is 0.371 e. The molecule has 0 unspecified atom stereocenters. The molecule has 0 aliphatic carbocycles. The van der Waals surface area contributed by atoms with E-state index in [9.17, 15) is 4.79 Å². The molecule has 0 radical (unpaired) electrons. The number of carbonyl (C=O) groups excluding carboxylic acids is 1. The maximum absolute atomic E-state index is 10.5. The lowest BCUT2D eigenvalue weighted by molar-refractivity contribution is -0.124. The summed E-state index contributed by atoms with van der Waals surface area (Å²) in [5.41, 5.74) is 5.26. The van der Waals surface area contributed by atoms with Gasteiger partial charge in [-0.15, -0.1) is 0 Å². The van der Waals surface area contributed by atoms with Crippen molar-refractivity contribution in [3.8, 4) is 0 Å². The molecule has 3 heteroatoms. The molecule has 0 atom stereocenters. The number of hydrogen-bond acceptors (Lipinski definition) is 2. The van der Waals surface area contributed by atoms with Gasteiger partial charge in [0, 0.05) is 0 Å². The lowest BCUT2D eigenvalue weighted by atomic mass is 9.79. The van der Waals surface area contributed by atoms with E-state index < -0.39 is 0 Å². The molecule has 0 aliphatic heterocycles. The number of amides is 1. The van der Waals surface area contributed by atoms with Crippen LogP contribution in [0.5, 0.6) is 0 Å². The van der Waals surface area contributed by atoms with Crippen LogP contribution in [0.1, 0.15) is 46.5 Å². The molecule has 84 valence electrons. The Morgan fingerprint density at radius 1 is 1.29 bits per heavy atom. The van der Waals surface area contributed by atoms with Crippen LogP contribution in [0.3, 0.4) is 0 Å². The third-order valence-corrected chi connectivity index (χ3v) is 2.93. The van der Waals surface area contributed by atoms with Crippen molar-refractivity contribution in [3.05, 3.63) is 0 Å². The quantitative estimate of drug-likeness (QED) is 0.653. The van der Waals surface area contributed by atoms with Gasteiger partial charge in [0.15, 0.2) is 0 Å². The molecule has 14 heavy (non-hydrogen) atoms. The maximum Gasteiger partial charge on any atom is 0.243 e. The van der Waals surface area contributed by atoms with E-state index in [4.69, 9.17) is 10.5 Å². The first-order valence-electron chi connectivity index (χ1n) is 5.46. The van der Waals surface area contributed by atoms with Crippen LogP contribution in [-0.4, -0.2) is 19.1 Å². The van der Waals surface area contributed by atoms with E-state index in [1.807, 2.05) is 0 Å². The SMILES string of the molecule is CCCC(CC)(CC)COCC(N)=O. The summed E-state index contributed by atoms with van der Waals surface area (Å²) in [4.78, 5) is 10.5. The lowest BCUT2D eigenvalue weighted by Crippen LogP contribution is -2.28. The molecule has 0 fully saturated rings. The van der Waals surface area contributed by atoms with Crippen molar-refractivity contribution in [2.24, 2.45) is 11.1 Å². The molecule has 0 aliphatic rings. The standard InChI is InChI=1S/C11H23NO2/c1-4-7-11(5-2,6-3)9-14-8-10(12)13/h4-9H2,1-3H3,(H2,12,13). The van der Waals surface area contributed by atoms with Gasteiger partial charge >= 0.3 is 0 Å². The maximum atomic E-state index is 10.5. The van der Waals surface area contributed by atoms with Crippen molar-refractivity contribution >= 4 is 5.91 Å². The number of hydrogen-bond donors (Lipinski definition) is 1. The first-order chi connectivity index (χ1) is 6.60. The van der Waals surface area contributed by atoms with Crippen LogP contribution >= 0.6 is 0 Å². The van der Waals surface area contributed by atoms with Crippen molar-refractivity contribution in [1.82, 2.24) is 0 Å². The molecule has 2 N–H and O–H groups in total. The Labute approximate surface area is 87.0 Å². The second-order valence-electron chi connectivity index (χ2n) is 3.92. The van der Waals surface area contributed by atoms with E-state index in [1.54, 1.807) is 0 Å². The molecule has 0 aromatic carbocycles. The normalized spacial score (nSPS) is 11.6. The zero-order valence-electron chi connectivity index (χ0n) is 9.64. The lowest BCUT2D eigenvalue weighted by Gasteiger charge is -2.30. The fraction of sp³-hybridized carbons (Fsp3) is 0.909. The molecule has 0 heterocycles. The minimum Gasteiger partial charge on any atom is -0.371 e. The highest BCUT2D eigenvalue weighted by molar-refractivity contribution is 5.74. The highest BCUT2D eigenvalue weighted by atomic mass is 16.5. The van der Waals surface area contributed by atoms with E-state index in [2.05, 4.69) is 20.8 Å². The van der Waals surface area contributed by atoms with Gasteiger partial charge in [0.25, 0.3) is 0 Å². The van der Waals surface area contributed by atoms with Crippen molar-refractivity contribution in [3.63, 3.8) is 0 Å². The summed E-state index contributed by atoms with van der Waals surface area (Å²) in [5, 5.41) is 0. The van der Waals surface area contributed by atoms with Crippen LogP contribution in [0.2, 0.25) is 0 Å². The summed E-state index contributed by atoms with van der Waals surface area (Å²) in [7, 11) is 0. The van der Waals surface area contributed by atoms with Crippen LogP contribution in [0, 0.1) is 5.41 Å². The molecule has 1 amide bonds. The Kier molecular flexibility index (Phi) is 6.54. The molecule has 0 saturated heterocycles. The predicted molar refractivity (Wildman–Crippen MR) is 57.9 cm³/mol. The van der Waals surface area contributed by atoms with E-state index in [0.29, 0.717) is 6.61 Å². The van der Waals surface area contributed by atoms with Crippen molar-refractivity contribution in [2.45, 2.75) is 46.5 Å². The van der Waals surface area contributed by atoms with Crippen molar-refractivity contribution in [2.75, 3.05) is 13.2 Å². The molecular weight excluding hydrogens is 178 g/mol. The molecule has 0 aromatic heterocycles. The monoisotopic (exact) mass is 201 g/mol. The van der Waals surface area contributed by atoms with E-state index in [-0.39, 0.29) is 17.9 Å². The zero-order valence-corrected chi connectivity index (χ0v) is 9.64. The Balaban J connectivity index is 4.00. The summed E-state index contributed by atoms with van der Waals surface area (Å²) in [6.07, 6.45) is 4.49. The van der Waals surface area contributed by atoms with E-state index >= 15 is 0 Å². The second kappa shape index (κ2) is 6.82. The van der Waals surface area contributed by atoms with Gasteiger partial charge in [-0.05, 0) is 24.7 Å². The molecule has 0 bridgehead atoms. The minimum absolute atomic E-state index is 0.0471. The van der Waals surface area contributed by atoms with Gasteiger partial charge in [-0.25, -0.2) is 0 Å². The Hall–Kier alpha value is -0.570. The number of rotatable bonds is 8. The van der Waals surface area contributed by atoms with Crippen molar-refractivity contribution < 1.29 is 9.53 Å². The Bertz CT molecular complexity index is 165. The highest BCUT2D eigenvalue weighted by Crippen LogP contribution is 2.32. The van der Waals surface area contributed by atoms with Gasteiger partial charge in [-0.2, -0.15) is 0 Å². The number of nitrogens with two attached hydrogens (primary N) is 1. The summed E-state index contributed by atoms with van der Waals surface area (Å²) in [5.74, 6) is -0.386. The summed E-state index contributed by atoms with van der Waals surface area (Å²) in [6, 6.07) is 0. The average molecular weight is 201 g/mol. The summed E-state index contributed by atoms with van der Waals surface area (Å²) < 4.78 is 5.32. The van der Waals surface area contributed by atoms with Crippen LogP contribution in [-0.2, 0) is 9.53 Å². The summed E-state index contributed by atoms with van der Waals surface area (Å²) in [6.45, 7) is 7.22. The van der Waals surface area contributed by atoms with E-state index in [0.717, 1.165) is 25.7 Å². The second-order valence-corrected chi connectivity index (χ2v) is 3.92. The third kappa shape index (κ3) is 4.61. The fourth-order valence-corrected chi connectivity index (χ4v) is 1.78. The Morgan fingerprint density at radius 3 is 2.21 bits per heavy atom. The Morgan fingerprint density at radius 2 is 1.86 bits per heavy atom. The van der Waals surface area contributed by atoms with Gasteiger partial charge < -0.3 is 10.5 Å². The molecule has 0 spiro atoms. The van der Waals surface area contributed by atoms with Gasteiger partial charge in [0.05, 0.1) is 6.61 Å². The molecular formula is C11H23NO2. The van der Waals surface area contributed by atoms with Crippen molar-refractivity contribution in [1.29, 1.82) is 0 Å². The average Bonchev–Trinajstić information content (AvgIpc) is 2.16. The van der Waals surface area contributed by atoms with Gasteiger partial charge in [0.2, 0.25) is 5.91 Å². The highest BCUT2D eigenvalue weighted by Gasteiger charge is 2.25. The molecule has 3 nitrogen and oxygen atoms in total. The predicted octanol–water partition coefficient (Wildman–Crippen LogP) is 2.09. The third-order valence-electron chi connectivity index (χ3n) is 2.93. The molecule has 0 rings (SSSR count). The van der Waals surface area contributed by atoms with Gasteiger partial charge in [-0.3, -0.25) is 4.79 Å². The molecule has 0 aromatic rings. The van der Waals surface area contributed by atoms with Gasteiger partial charge in [0.1, 0.15) is 6.61 Å². The van der Waals surface area contributed by atoms with Crippen LogP contribution in [0.25, 0.3) is 0 Å². The fourth-order valence-electron chi connectivity index (χ4n) is 1.78. The minimum atomic E-state index is -0.386. The number of primary amides is 1. The number of ether oxygens (including phenoxy) is 1. The topological polar surface area (TPSA) is 52.3 Å². The van der Waals surface area contributed by atoms with E-state index in [1.165, 1.54) is 0 Å². The summed E-state index contributed by atoms with van der Waals surface area (Å²) >= 11 is 0. The molecule has 0 saturated carbocycles. The number of carbonyl (C=O) groups is 1. The van der Waals surface area contributed by atoms with Crippen LogP contribution < -0.4 is 5.73 Å². The van der Waals surface area contributed by atoms with Crippen LogP contribution in [0.15, 0.2) is 0 Å².